The van der Waals surface area contributed by atoms with Gasteiger partial charge in [-0.05, 0) is 12.3 Å². The zero-order valence-electron chi connectivity index (χ0n) is 6.67. The van der Waals surface area contributed by atoms with Crippen LogP contribution in [0.25, 0.3) is 0 Å². The van der Waals surface area contributed by atoms with Crippen molar-refractivity contribution in [1.82, 2.24) is 0 Å². The fourth-order valence-electron chi connectivity index (χ4n) is 1.83. The second kappa shape index (κ2) is 2.36. The predicted molar refractivity (Wildman–Crippen MR) is 40.9 cm³/mol. The lowest BCUT2D eigenvalue weighted by Crippen LogP contribution is -2.19. The number of ketones is 1. The van der Waals surface area contributed by atoms with E-state index >= 15 is 0 Å². The summed E-state index contributed by atoms with van der Waals surface area (Å²) in [7, 11) is 0. The summed E-state index contributed by atoms with van der Waals surface area (Å²) in [4.78, 5) is 11.0. The quantitative estimate of drug-likeness (QED) is 0.526. The van der Waals surface area contributed by atoms with Crippen molar-refractivity contribution in [2.24, 2.45) is 11.8 Å². The van der Waals surface area contributed by atoms with Crippen molar-refractivity contribution >= 4 is 5.78 Å². The number of allylic oxidation sites excluding steroid dienone is 2. The number of ether oxygens (including phenoxy) is 1. The Labute approximate surface area is 66.2 Å². The van der Waals surface area contributed by atoms with Gasteiger partial charge in [0.1, 0.15) is 5.76 Å². The minimum atomic E-state index is 0.235. The molecule has 0 radical (unpaired) electrons. The van der Waals surface area contributed by atoms with Crippen molar-refractivity contribution in [3.8, 4) is 0 Å². The second-order valence-corrected chi connectivity index (χ2v) is 3.57. The normalized spacial score (nSPS) is 36.1. The Kier molecular flexibility index (Phi) is 1.48. The number of hydrogen-bond acceptors (Lipinski definition) is 2. The maximum absolute atomic E-state index is 11.0. The Morgan fingerprint density at radius 1 is 1.64 bits per heavy atom. The molecule has 0 unspecified atom stereocenters. The van der Waals surface area contributed by atoms with E-state index in [9.17, 15) is 4.79 Å². The highest BCUT2D eigenvalue weighted by molar-refractivity contribution is 5.93. The van der Waals surface area contributed by atoms with E-state index in [4.69, 9.17) is 4.74 Å². The fraction of sp³-hybridized carbons (Fsp3) is 0.667. The van der Waals surface area contributed by atoms with E-state index in [1.165, 1.54) is 0 Å². The third-order valence-corrected chi connectivity index (χ3v) is 2.37. The standard InChI is InChI=1S/C9H12O2/c1-6-2-7-3-8(10)4-9(7)11-5-6/h4,6-7H,2-3,5H2,1H3/t6-,7-/m0/s1. The molecule has 1 saturated heterocycles. The molecule has 2 atom stereocenters. The fourth-order valence-corrected chi connectivity index (χ4v) is 1.83. The van der Waals surface area contributed by atoms with Gasteiger partial charge in [0.15, 0.2) is 5.78 Å². The minimum absolute atomic E-state index is 0.235. The zero-order valence-corrected chi connectivity index (χ0v) is 6.67. The summed E-state index contributed by atoms with van der Waals surface area (Å²) in [6, 6.07) is 0. The molecule has 1 fully saturated rings. The van der Waals surface area contributed by atoms with E-state index in [1.807, 2.05) is 0 Å². The Morgan fingerprint density at radius 2 is 2.45 bits per heavy atom. The van der Waals surface area contributed by atoms with Crippen molar-refractivity contribution in [2.75, 3.05) is 6.61 Å². The molecule has 0 bridgehead atoms. The molecule has 0 N–H and O–H groups in total. The number of carbonyl (C=O) groups excluding carboxylic acids is 1. The minimum Gasteiger partial charge on any atom is -0.497 e. The Bertz CT molecular complexity index is 218. The van der Waals surface area contributed by atoms with E-state index in [0.29, 0.717) is 18.3 Å². The number of fused-ring (bicyclic) bond motifs is 1. The van der Waals surface area contributed by atoms with Crippen LogP contribution in [0.1, 0.15) is 19.8 Å². The maximum atomic E-state index is 11.0. The van der Waals surface area contributed by atoms with Crippen molar-refractivity contribution in [3.63, 3.8) is 0 Å². The van der Waals surface area contributed by atoms with Crippen LogP contribution in [0.3, 0.4) is 0 Å². The Balaban J connectivity index is 2.13. The molecule has 2 nitrogen and oxygen atoms in total. The average molecular weight is 152 g/mol. The van der Waals surface area contributed by atoms with Gasteiger partial charge in [-0.2, -0.15) is 0 Å². The van der Waals surface area contributed by atoms with Gasteiger partial charge in [0.2, 0.25) is 0 Å². The molecule has 0 aromatic rings. The van der Waals surface area contributed by atoms with E-state index < -0.39 is 0 Å². The average Bonchev–Trinajstić information content (AvgIpc) is 2.27. The number of hydrogen-bond donors (Lipinski definition) is 0. The summed E-state index contributed by atoms with van der Waals surface area (Å²) in [6.07, 6.45) is 3.47. The highest BCUT2D eigenvalue weighted by Gasteiger charge is 2.31. The molecule has 2 heteroatoms. The molecule has 0 aromatic heterocycles. The third kappa shape index (κ3) is 1.17. The van der Waals surface area contributed by atoms with Crippen molar-refractivity contribution < 1.29 is 9.53 Å². The predicted octanol–water partition coefficient (Wildman–Crippen LogP) is 1.52. The van der Waals surface area contributed by atoms with Crippen LogP contribution in [0, 0.1) is 11.8 Å². The van der Waals surface area contributed by atoms with Gasteiger partial charge in [-0.1, -0.05) is 6.92 Å². The number of rotatable bonds is 0. The molecule has 60 valence electrons. The van der Waals surface area contributed by atoms with Gasteiger partial charge in [0.25, 0.3) is 0 Å². The van der Waals surface area contributed by atoms with Crippen LogP contribution in [0.15, 0.2) is 11.8 Å². The van der Waals surface area contributed by atoms with Crippen LogP contribution in [-0.2, 0) is 9.53 Å². The van der Waals surface area contributed by atoms with Gasteiger partial charge < -0.3 is 4.74 Å². The smallest absolute Gasteiger partial charge is 0.159 e. The molecule has 2 rings (SSSR count). The van der Waals surface area contributed by atoms with Crippen LogP contribution >= 0.6 is 0 Å². The second-order valence-electron chi connectivity index (χ2n) is 3.57. The van der Waals surface area contributed by atoms with Crippen LogP contribution in [0.4, 0.5) is 0 Å². The molecule has 0 amide bonds. The first kappa shape index (κ1) is 6.89. The van der Waals surface area contributed by atoms with Gasteiger partial charge in [-0.3, -0.25) is 4.79 Å². The van der Waals surface area contributed by atoms with Crippen LogP contribution in [-0.4, -0.2) is 12.4 Å². The molecular weight excluding hydrogens is 140 g/mol. The molecule has 2 aliphatic rings. The van der Waals surface area contributed by atoms with Gasteiger partial charge in [0.05, 0.1) is 6.61 Å². The Hall–Kier alpha value is -0.790. The molecule has 0 aromatic carbocycles. The molecular formula is C9H12O2. The largest absolute Gasteiger partial charge is 0.497 e. The van der Waals surface area contributed by atoms with Crippen LogP contribution < -0.4 is 0 Å². The first-order valence-electron chi connectivity index (χ1n) is 4.13. The maximum Gasteiger partial charge on any atom is 0.159 e. The summed E-state index contributed by atoms with van der Waals surface area (Å²) in [5, 5.41) is 0. The van der Waals surface area contributed by atoms with E-state index in [2.05, 4.69) is 6.92 Å². The highest BCUT2D eigenvalue weighted by Crippen LogP contribution is 2.34. The summed E-state index contributed by atoms with van der Waals surface area (Å²) in [5.41, 5.74) is 0. The highest BCUT2D eigenvalue weighted by atomic mass is 16.5. The lowest BCUT2D eigenvalue weighted by atomic mass is 9.92. The molecule has 11 heavy (non-hydrogen) atoms. The van der Waals surface area contributed by atoms with Gasteiger partial charge in [0, 0.05) is 18.4 Å². The monoisotopic (exact) mass is 152 g/mol. The van der Waals surface area contributed by atoms with Crippen molar-refractivity contribution in [1.29, 1.82) is 0 Å². The molecule has 1 aliphatic carbocycles. The first-order valence-corrected chi connectivity index (χ1v) is 4.13. The summed E-state index contributed by atoms with van der Waals surface area (Å²) in [6.45, 7) is 2.95. The molecule has 1 aliphatic heterocycles. The van der Waals surface area contributed by atoms with E-state index in [0.717, 1.165) is 18.8 Å². The van der Waals surface area contributed by atoms with E-state index in [-0.39, 0.29) is 5.78 Å². The van der Waals surface area contributed by atoms with E-state index in [1.54, 1.807) is 6.08 Å². The Morgan fingerprint density at radius 3 is 3.27 bits per heavy atom. The summed E-state index contributed by atoms with van der Waals surface area (Å²) in [5.74, 6) is 2.20. The topological polar surface area (TPSA) is 26.3 Å². The van der Waals surface area contributed by atoms with Gasteiger partial charge >= 0.3 is 0 Å². The van der Waals surface area contributed by atoms with Gasteiger partial charge in [-0.25, -0.2) is 0 Å². The lowest BCUT2D eigenvalue weighted by molar-refractivity contribution is -0.114. The van der Waals surface area contributed by atoms with Crippen LogP contribution in [0.2, 0.25) is 0 Å². The van der Waals surface area contributed by atoms with Crippen molar-refractivity contribution in [3.05, 3.63) is 11.8 Å². The SMILES string of the molecule is C[C@@H]1COC2=CC(=O)C[C@@H]2C1. The third-order valence-electron chi connectivity index (χ3n) is 2.37. The zero-order chi connectivity index (χ0) is 7.84. The van der Waals surface area contributed by atoms with Crippen LogP contribution in [0.5, 0.6) is 0 Å². The lowest BCUT2D eigenvalue weighted by Gasteiger charge is -2.26. The number of carbonyl (C=O) groups is 1. The first-order chi connectivity index (χ1) is 5.25. The molecule has 1 heterocycles. The van der Waals surface area contributed by atoms with Crippen molar-refractivity contribution in [2.45, 2.75) is 19.8 Å². The molecule has 0 saturated carbocycles. The summed E-state index contributed by atoms with van der Waals surface area (Å²) < 4.78 is 5.42. The summed E-state index contributed by atoms with van der Waals surface area (Å²) >= 11 is 0. The van der Waals surface area contributed by atoms with Gasteiger partial charge in [-0.15, -0.1) is 0 Å². The molecule has 0 spiro atoms.